The maximum atomic E-state index is 12.6. The van der Waals surface area contributed by atoms with E-state index in [1.165, 1.54) is 5.56 Å². The van der Waals surface area contributed by atoms with E-state index in [1.807, 2.05) is 22.9 Å². The summed E-state index contributed by atoms with van der Waals surface area (Å²) in [5, 5.41) is 7.45. The number of carbonyl (C=O) groups is 1. The van der Waals surface area contributed by atoms with Crippen LogP contribution in [0.5, 0.6) is 0 Å². The number of carbonyl (C=O) groups excluding carboxylic acids is 1. The highest BCUT2D eigenvalue weighted by Crippen LogP contribution is 2.21. The lowest BCUT2D eigenvalue weighted by Crippen LogP contribution is -2.32. The number of amides is 1. The highest BCUT2D eigenvalue weighted by atomic mass is 16.5. The zero-order valence-corrected chi connectivity index (χ0v) is 14.4. The van der Waals surface area contributed by atoms with E-state index in [9.17, 15) is 4.79 Å². The van der Waals surface area contributed by atoms with Crippen molar-refractivity contribution in [2.24, 2.45) is 0 Å². The second kappa shape index (κ2) is 7.62. The van der Waals surface area contributed by atoms with Gasteiger partial charge in [0.1, 0.15) is 0 Å². The maximum Gasteiger partial charge on any atom is 0.254 e. The van der Waals surface area contributed by atoms with E-state index >= 15 is 0 Å². The molecule has 1 unspecified atom stereocenters. The third kappa shape index (κ3) is 3.85. The highest BCUT2D eigenvalue weighted by molar-refractivity contribution is 5.95. The number of aromatic nitrogens is 2. The van der Waals surface area contributed by atoms with Gasteiger partial charge in [-0.05, 0) is 24.3 Å². The van der Waals surface area contributed by atoms with Crippen LogP contribution in [-0.4, -0.2) is 34.9 Å². The Morgan fingerprint density at radius 1 is 1.38 bits per heavy atom. The van der Waals surface area contributed by atoms with Crippen molar-refractivity contribution in [2.45, 2.75) is 45.3 Å². The van der Waals surface area contributed by atoms with Crippen molar-refractivity contribution >= 4 is 5.91 Å². The molecule has 0 aliphatic carbocycles. The Hall–Kier alpha value is -2.14. The molecule has 0 saturated carbocycles. The lowest BCUT2D eigenvalue weighted by Gasteiger charge is -2.14. The molecule has 24 heavy (non-hydrogen) atoms. The van der Waals surface area contributed by atoms with Gasteiger partial charge in [-0.25, -0.2) is 0 Å². The SMILES string of the molecule is CC(C)c1c(C(=O)NCC2CCCO2)cnn1Cc1ccccc1. The Balaban J connectivity index is 1.74. The van der Waals surface area contributed by atoms with Gasteiger partial charge in [-0.15, -0.1) is 0 Å². The first kappa shape index (κ1) is 16.7. The van der Waals surface area contributed by atoms with E-state index in [1.54, 1.807) is 6.20 Å². The summed E-state index contributed by atoms with van der Waals surface area (Å²) in [6.07, 6.45) is 3.93. The van der Waals surface area contributed by atoms with Crippen LogP contribution in [0.15, 0.2) is 36.5 Å². The van der Waals surface area contributed by atoms with Gasteiger partial charge in [-0.1, -0.05) is 44.2 Å². The monoisotopic (exact) mass is 327 g/mol. The average molecular weight is 327 g/mol. The van der Waals surface area contributed by atoms with E-state index in [0.29, 0.717) is 18.7 Å². The molecule has 1 aromatic heterocycles. The van der Waals surface area contributed by atoms with E-state index in [0.717, 1.165) is 25.1 Å². The fraction of sp³-hybridized carbons (Fsp3) is 0.474. The summed E-state index contributed by atoms with van der Waals surface area (Å²) in [5.74, 6) is 0.160. The lowest BCUT2D eigenvalue weighted by atomic mass is 10.0. The lowest BCUT2D eigenvalue weighted by molar-refractivity contribution is 0.0856. The molecule has 0 bridgehead atoms. The van der Waals surface area contributed by atoms with E-state index < -0.39 is 0 Å². The molecule has 1 N–H and O–H groups in total. The summed E-state index contributed by atoms with van der Waals surface area (Å²) < 4.78 is 7.50. The van der Waals surface area contributed by atoms with Crippen LogP contribution >= 0.6 is 0 Å². The molecule has 1 fully saturated rings. The van der Waals surface area contributed by atoms with Crippen molar-refractivity contribution in [1.82, 2.24) is 15.1 Å². The van der Waals surface area contributed by atoms with Crippen molar-refractivity contribution in [3.8, 4) is 0 Å². The summed E-state index contributed by atoms with van der Waals surface area (Å²) >= 11 is 0. The van der Waals surface area contributed by atoms with Crippen LogP contribution < -0.4 is 5.32 Å². The molecule has 5 heteroatoms. The van der Waals surface area contributed by atoms with Crippen LogP contribution in [0.1, 0.15) is 54.2 Å². The molecule has 5 nitrogen and oxygen atoms in total. The molecule has 1 amide bonds. The van der Waals surface area contributed by atoms with Crippen molar-refractivity contribution < 1.29 is 9.53 Å². The maximum absolute atomic E-state index is 12.6. The van der Waals surface area contributed by atoms with Crippen LogP contribution in [0.3, 0.4) is 0 Å². The van der Waals surface area contributed by atoms with Gasteiger partial charge in [0.05, 0.1) is 30.1 Å². The van der Waals surface area contributed by atoms with E-state index in [-0.39, 0.29) is 17.9 Å². The predicted molar refractivity (Wildman–Crippen MR) is 93.2 cm³/mol. The first-order chi connectivity index (χ1) is 11.6. The zero-order chi connectivity index (χ0) is 16.9. The summed E-state index contributed by atoms with van der Waals surface area (Å²) in [4.78, 5) is 12.6. The Labute approximate surface area is 143 Å². The van der Waals surface area contributed by atoms with Crippen LogP contribution in [0.25, 0.3) is 0 Å². The largest absolute Gasteiger partial charge is 0.376 e. The zero-order valence-electron chi connectivity index (χ0n) is 14.4. The van der Waals surface area contributed by atoms with E-state index in [4.69, 9.17) is 4.74 Å². The topological polar surface area (TPSA) is 56.1 Å². The van der Waals surface area contributed by atoms with Gasteiger partial charge < -0.3 is 10.1 Å². The molecular formula is C19H25N3O2. The van der Waals surface area contributed by atoms with Crippen LogP contribution in [-0.2, 0) is 11.3 Å². The second-order valence-corrected chi connectivity index (χ2v) is 6.59. The summed E-state index contributed by atoms with van der Waals surface area (Å²) in [6, 6.07) is 10.2. The molecule has 0 spiro atoms. The third-order valence-corrected chi connectivity index (χ3v) is 4.36. The number of ether oxygens (including phenoxy) is 1. The molecule has 128 valence electrons. The molecule has 1 aliphatic heterocycles. The number of hydrogen-bond acceptors (Lipinski definition) is 3. The number of benzene rings is 1. The summed E-state index contributed by atoms with van der Waals surface area (Å²) in [7, 11) is 0. The Morgan fingerprint density at radius 2 is 2.17 bits per heavy atom. The Morgan fingerprint density at radius 3 is 2.83 bits per heavy atom. The first-order valence-corrected chi connectivity index (χ1v) is 8.64. The van der Waals surface area contributed by atoms with Crippen LogP contribution in [0.4, 0.5) is 0 Å². The van der Waals surface area contributed by atoms with E-state index in [2.05, 4.69) is 36.4 Å². The predicted octanol–water partition coefficient (Wildman–Crippen LogP) is 2.96. The third-order valence-electron chi connectivity index (χ3n) is 4.36. The number of nitrogens with one attached hydrogen (secondary N) is 1. The molecule has 1 aliphatic rings. The molecule has 0 radical (unpaired) electrons. The molecule has 2 heterocycles. The minimum Gasteiger partial charge on any atom is -0.376 e. The van der Waals surface area contributed by atoms with Crippen LogP contribution in [0.2, 0.25) is 0 Å². The Bertz CT molecular complexity index is 673. The number of rotatable bonds is 6. The normalized spacial score (nSPS) is 17.4. The van der Waals surface area contributed by atoms with Crippen LogP contribution in [0, 0.1) is 0 Å². The fourth-order valence-electron chi connectivity index (χ4n) is 3.17. The fourth-order valence-corrected chi connectivity index (χ4v) is 3.17. The highest BCUT2D eigenvalue weighted by Gasteiger charge is 2.22. The molecule has 3 rings (SSSR count). The molecule has 1 aromatic carbocycles. The van der Waals surface area contributed by atoms with Crippen molar-refractivity contribution in [2.75, 3.05) is 13.2 Å². The first-order valence-electron chi connectivity index (χ1n) is 8.64. The van der Waals surface area contributed by atoms with Gasteiger partial charge in [-0.3, -0.25) is 9.48 Å². The number of nitrogens with zero attached hydrogens (tertiary/aromatic N) is 2. The average Bonchev–Trinajstić information content (AvgIpc) is 3.23. The van der Waals surface area contributed by atoms with Crippen molar-refractivity contribution in [1.29, 1.82) is 0 Å². The van der Waals surface area contributed by atoms with Gasteiger partial charge in [0, 0.05) is 13.2 Å². The summed E-state index contributed by atoms with van der Waals surface area (Å²) in [5.41, 5.74) is 2.82. The molecule has 1 saturated heterocycles. The minimum atomic E-state index is -0.0616. The minimum absolute atomic E-state index is 0.0616. The second-order valence-electron chi connectivity index (χ2n) is 6.59. The molecular weight excluding hydrogens is 302 g/mol. The van der Waals surface area contributed by atoms with Gasteiger partial charge in [0.2, 0.25) is 0 Å². The van der Waals surface area contributed by atoms with Crippen molar-refractivity contribution in [3.05, 3.63) is 53.3 Å². The van der Waals surface area contributed by atoms with Crippen molar-refractivity contribution in [3.63, 3.8) is 0 Å². The Kier molecular flexibility index (Phi) is 5.30. The van der Waals surface area contributed by atoms with Gasteiger partial charge in [0.15, 0.2) is 0 Å². The van der Waals surface area contributed by atoms with Gasteiger partial charge in [0.25, 0.3) is 5.91 Å². The van der Waals surface area contributed by atoms with Gasteiger partial charge >= 0.3 is 0 Å². The molecule has 1 atom stereocenters. The number of hydrogen-bond donors (Lipinski definition) is 1. The summed E-state index contributed by atoms with van der Waals surface area (Å²) in [6.45, 7) is 6.23. The van der Waals surface area contributed by atoms with Gasteiger partial charge in [-0.2, -0.15) is 5.10 Å². The smallest absolute Gasteiger partial charge is 0.254 e. The quantitative estimate of drug-likeness (QED) is 0.887. The molecule has 2 aromatic rings. The standard InChI is InChI=1S/C19H25N3O2/c1-14(2)18-17(19(23)20-11-16-9-6-10-24-16)12-21-22(18)13-15-7-4-3-5-8-15/h3-5,7-8,12,14,16H,6,9-11,13H2,1-2H3,(H,20,23).